The molecule has 9 heteroatoms. The molecule has 4 aromatic rings. The van der Waals surface area contributed by atoms with Crippen molar-refractivity contribution in [2.75, 3.05) is 0 Å². The highest BCUT2D eigenvalue weighted by molar-refractivity contribution is 7.12. The van der Waals surface area contributed by atoms with Crippen molar-refractivity contribution < 1.29 is 9.90 Å². The fourth-order valence-corrected chi connectivity index (χ4v) is 3.61. The number of aryl methyl sites for hydroxylation is 2. The third kappa shape index (κ3) is 3.83. The number of nitrogens with zero attached hydrogens (tertiary/aromatic N) is 4. The molecule has 0 aliphatic rings. The summed E-state index contributed by atoms with van der Waals surface area (Å²) >= 11 is 1.34. The van der Waals surface area contributed by atoms with Gasteiger partial charge in [0.15, 0.2) is 5.69 Å². The lowest BCUT2D eigenvalue weighted by Gasteiger charge is -1.97. The van der Waals surface area contributed by atoms with Crippen LogP contribution < -0.4 is 5.56 Å². The summed E-state index contributed by atoms with van der Waals surface area (Å²) in [4.78, 5) is 28.5. The molecule has 0 spiro atoms. The van der Waals surface area contributed by atoms with Gasteiger partial charge in [-0.25, -0.2) is 9.78 Å². The molecule has 150 valence electrons. The second kappa shape index (κ2) is 7.88. The minimum atomic E-state index is -1.06. The van der Waals surface area contributed by atoms with Crippen molar-refractivity contribution in [2.24, 2.45) is 10.2 Å². The first kappa shape index (κ1) is 19.5. The molecular formula is C21H17N5O3S. The average molecular weight is 419 g/mol. The molecule has 2 N–H and O–H groups in total. The molecule has 8 nitrogen and oxygen atoms in total. The van der Waals surface area contributed by atoms with Crippen LogP contribution in [0, 0.1) is 13.8 Å². The quantitative estimate of drug-likeness (QED) is 0.442. The van der Waals surface area contributed by atoms with Gasteiger partial charge < -0.3 is 5.11 Å². The molecule has 2 heterocycles. The number of H-pyrrole nitrogens is 1. The molecule has 2 aromatic heterocycles. The van der Waals surface area contributed by atoms with Gasteiger partial charge in [-0.15, -0.1) is 16.5 Å². The van der Waals surface area contributed by atoms with Crippen LogP contribution in [0.3, 0.4) is 0 Å². The Hall–Kier alpha value is -3.85. The van der Waals surface area contributed by atoms with Gasteiger partial charge in [-0.05, 0) is 32.0 Å². The molecule has 0 fully saturated rings. The number of thiazole rings is 1. The number of azo groups is 1. The van der Waals surface area contributed by atoms with Crippen LogP contribution in [0.15, 0.2) is 68.9 Å². The molecule has 0 aliphatic heterocycles. The van der Waals surface area contributed by atoms with Crippen LogP contribution in [-0.2, 0) is 0 Å². The number of aromatic carboxylic acids is 1. The maximum absolute atomic E-state index is 12.8. The Balaban J connectivity index is 1.64. The summed E-state index contributed by atoms with van der Waals surface area (Å²) < 4.78 is 1.33. The van der Waals surface area contributed by atoms with Gasteiger partial charge in [0.2, 0.25) is 5.13 Å². The van der Waals surface area contributed by atoms with Gasteiger partial charge in [0, 0.05) is 10.9 Å². The molecule has 0 bridgehead atoms. The Morgan fingerprint density at radius 3 is 2.63 bits per heavy atom. The Bertz CT molecular complexity index is 1320. The standard InChI is InChI=1S/C21H17N5O3S/c1-12-6-8-14(9-7-12)17-11-30-21(22-17)26-19(27)18(13(2)25-26)24-23-16-5-3-4-15(10-16)20(28)29/h3-11,25H,1-2H3,(H,28,29). The van der Waals surface area contributed by atoms with Crippen LogP contribution in [0.2, 0.25) is 0 Å². The number of rotatable bonds is 5. The minimum Gasteiger partial charge on any atom is -0.478 e. The largest absolute Gasteiger partial charge is 0.478 e. The molecule has 0 aliphatic carbocycles. The highest BCUT2D eigenvalue weighted by Crippen LogP contribution is 2.25. The number of carbonyl (C=O) groups is 1. The van der Waals surface area contributed by atoms with Crippen molar-refractivity contribution in [2.45, 2.75) is 13.8 Å². The maximum Gasteiger partial charge on any atom is 0.335 e. The van der Waals surface area contributed by atoms with Gasteiger partial charge >= 0.3 is 11.5 Å². The van der Waals surface area contributed by atoms with Crippen molar-refractivity contribution in [1.29, 1.82) is 0 Å². The van der Waals surface area contributed by atoms with Crippen molar-refractivity contribution in [1.82, 2.24) is 14.8 Å². The average Bonchev–Trinajstić information content (AvgIpc) is 3.32. The van der Waals surface area contributed by atoms with E-state index in [1.165, 1.54) is 28.2 Å². The fourth-order valence-electron chi connectivity index (χ4n) is 2.82. The second-order valence-electron chi connectivity index (χ2n) is 6.66. The molecule has 0 saturated heterocycles. The van der Waals surface area contributed by atoms with E-state index < -0.39 is 5.97 Å². The third-order valence-corrected chi connectivity index (χ3v) is 5.26. The number of nitrogens with one attached hydrogen (secondary N) is 1. The smallest absolute Gasteiger partial charge is 0.335 e. The summed E-state index contributed by atoms with van der Waals surface area (Å²) in [5.41, 5.74) is 3.65. The molecule has 2 aromatic carbocycles. The van der Waals surface area contributed by atoms with Gasteiger partial charge in [-0.3, -0.25) is 9.89 Å². The predicted octanol–water partition coefficient (Wildman–Crippen LogP) is 5.02. The molecule has 4 rings (SSSR count). The molecule has 0 amide bonds. The van der Waals surface area contributed by atoms with Crippen LogP contribution >= 0.6 is 11.3 Å². The van der Waals surface area contributed by atoms with Crippen molar-refractivity contribution >= 4 is 28.7 Å². The van der Waals surface area contributed by atoms with E-state index in [4.69, 9.17) is 5.11 Å². The van der Waals surface area contributed by atoms with Gasteiger partial charge in [0.25, 0.3) is 0 Å². The first-order chi connectivity index (χ1) is 14.4. The lowest BCUT2D eigenvalue weighted by Crippen LogP contribution is -2.13. The van der Waals surface area contributed by atoms with Gasteiger partial charge in [-0.2, -0.15) is 9.80 Å². The fraction of sp³-hybridized carbons (Fsp3) is 0.0952. The first-order valence-electron chi connectivity index (χ1n) is 9.02. The van der Waals surface area contributed by atoms with Crippen molar-refractivity contribution in [3.05, 3.63) is 81.1 Å². The van der Waals surface area contributed by atoms with E-state index in [0.29, 0.717) is 16.5 Å². The summed E-state index contributed by atoms with van der Waals surface area (Å²) in [6, 6.07) is 14.0. The Morgan fingerprint density at radius 2 is 1.90 bits per heavy atom. The zero-order valence-electron chi connectivity index (χ0n) is 16.2. The van der Waals surface area contributed by atoms with Crippen molar-refractivity contribution in [3.8, 4) is 16.4 Å². The molecule has 0 radical (unpaired) electrons. The van der Waals surface area contributed by atoms with E-state index in [2.05, 4.69) is 20.3 Å². The van der Waals surface area contributed by atoms with E-state index >= 15 is 0 Å². The predicted molar refractivity (Wildman–Crippen MR) is 115 cm³/mol. The first-order valence-corrected chi connectivity index (χ1v) is 9.90. The van der Waals surface area contributed by atoms with Gasteiger partial charge in [0.1, 0.15) is 0 Å². The van der Waals surface area contributed by atoms with E-state index in [9.17, 15) is 9.59 Å². The number of hydrogen-bond acceptors (Lipinski definition) is 6. The van der Waals surface area contributed by atoms with Crippen LogP contribution in [0.25, 0.3) is 16.4 Å². The number of carboxylic acid groups (broad SMARTS) is 1. The highest BCUT2D eigenvalue weighted by atomic mass is 32.1. The zero-order chi connectivity index (χ0) is 21.3. The topological polar surface area (TPSA) is 113 Å². The number of carboxylic acids is 1. The second-order valence-corrected chi connectivity index (χ2v) is 7.50. The highest BCUT2D eigenvalue weighted by Gasteiger charge is 2.15. The van der Waals surface area contributed by atoms with Gasteiger partial charge in [-0.1, -0.05) is 35.9 Å². The van der Waals surface area contributed by atoms with E-state index in [-0.39, 0.29) is 16.8 Å². The molecule has 0 atom stereocenters. The summed E-state index contributed by atoms with van der Waals surface area (Å²) in [6.45, 7) is 3.74. The lowest BCUT2D eigenvalue weighted by atomic mass is 10.1. The number of aromatic nitrogens is 3. The minimum absolute atomic E-state index is 0.0982. The molecule has 0 saturated carbocycles. The number of hydrogen-bond donors (Lipinski definition) is 2. The van der Waals surface area contributed by atoms with E-state index in [1.807, 2.05) is 36.6 Å². The summed E-state index contributed by atoms with van der Waals surface area (Å²) in [7, 11) is 0. The lowest BCUT2D eigenvalue weighted by molar-refractivity contribution is 0.0697. The molecule has 30 heavy (non-hydrogen) atoms. The number of benzene rings is 2. The van der Waals surface area contributed by atoms with Crippen LogP contribution in [0.1, 0.15) is 21.6 Å². The maximum atomic E-state index is 12.8. The van der Waals surface area contributed by atoms with Crippen LogP contribution in [-0.4, -0.2) is 25.8 Å². The SMILES string of the molecule is Cc1ccc(-c2csc(-n3[nH]c(C)c(N=Nc4cccc(C(=O)O)c4)c3=O)n2)cc1. The van der Waals surface area contributed by atoms with E-state index in [0.717, 1.165) is 16.8 Å². The Morgan fingerprint density at radius 1 is 1.13 bits per heavy atom. The van der Waals surface area contributed by atoms with Gasteiger partial charge in [0.05, 0.1) is 22.6 Å². The third-order valence-electron chi connectivity index (χ3n) is 4.43. The summed E-state index contributed by atoms with van der Waals surface area (Å²) in [6.07, 6.45) is 0. The van der Waals surface area contributed by atoms with Crippen LogP contribution in [0.5, 0.6) is 0 Å². The normalized spacial score (nSPS) is 11.3. The Kier molecular flexibility index (Phi) is 5.11. The Labute approximate surface area is 175 Å². The monoisotopic (exact) mass is 419 g/mol. The van der Waals surface area contributed by atoms with Crippen LogP contribution in [0.4, 0.5) is 11.4 Å². The van der Waals surface area contributed by atoms with Crippen molar-refractivity contribution in [3.63, 3.8) is 0 Å². The number of aromatic amines is 1. The molecule has 0 unspecified atom stereocenters. The zero-order valence-corrected chi connectivity index (χ0v) is 17.0. The van der Waals surface area contributed by atoms with E-state index in [1.54, 1.807) is 19.1 Å². The molecular weight excluding hydrogens is 402 g/mol. The summed E-state index contributed by atoms with van der Waals surface area (Å²) in [5, 5.41) is 22.5. The summed E-state index contributed by atoms with van der Waals surface area (Å²) in [5.74, 6) is -1.06.